The van der Waals surface area contributed by atoms with Gasteiger partial charge in [-0.05, 0) is 62.9 Å². The maximum atomic E-state index is 3.87. The molecule has 1 rings (SSSR count). The van der Waals surface area contributed by atoms with Gasteiger partial charge in [0.15, 0.2) is 8.24 Å². The van der Waals surface area contributed by atoms with Gasteiger partial charge in [-0.3, -0.25) is 0 Å². The van der Waals surface area contributed by atoms with Crippen LogP contribution in [-0.4, -0.2) is 13.8 Å². The van der Waals surface area contributed by atoms with Crippen LogP contribution in [0, 0.1) is 20.8 Å². The maximum absolute atomic E-state index is 3.87. The van der Waals surface area contributed by atoms with Crippen LogP contribution in [0.25, 0.3) is 0 Å². The van der Waals surface area contributed by atoms with E-state index in [0.717, 1.165) is 8.19 Å². The van der Waals surface area contributed by atoms with Gasteiger partial charge in [0.1, 0.15) is 0 Å². The summed E-state index contributed by atoms with van der Waals surface area (Å²) in [6, 6.07) is 0. The monoisotopic (exact) mass is 255 g/mol. The Morgan fingerprint density at radius 3 is 1.81 bits per heavy atom. The van der Waals surface area contributed by atoms with Crippen LogP contribution >= 0.6 is 8.19 Å². The van der Waals surface area contributed by atoms with Crippen LogP contribution in [0.15, 0.2) is 0 Å². The Bertz CT molecular complexity index is 385. The van der Waals surface area contributed by atoms with Gasteiger partial charge in [0.2, 0.25) is 0 Å². The molecule has 3 heteroatoms. The Hall–Kier alpha value is -0.0431. The van der Waals surface area contributed by atoms with E-state index in [-0.39, 0.29) is 5.54 Å². The van der Waals surface area contributed by atoms with E-state index in [4.69, 9.17) is 0 Å². The van der Waals surface area contributed by atoms with Gasteiger partial charge in [0.05, 0.1) is 0 Å². The molecule has 0 spiro atoms. The second-order valence-electron chi connectivity index (χ2n) is 6.38. The van der Waals surface area contributed by atoms with E-state index >= 15 is 0 Å². The molecule has 0 radical (unpaired) electrons. The SMILES string of the molecule is Cc1[pH]c([Si](C)(C)NC(C)(C)C)c(C)c1C. The summed E-state index contributed by atoms with van der Waals surface area (Å²) < 4.78 is 0. The summed E-state index contributed by atoms with van der Waals surface area (Å²) in [7, 11) is -0.522. The fourth-order valence-electron chi connectivity index (χ4n) is 2.47. The third-order valence-corrected chi connectivity index (χ3v) is 9.75. The van der Waals surface area contributed by atoms with E-state index < -0.39 is 8.24 Å². The van der Waals surface area contributed by atoms with Gasteiger partial charge in [-0.2, -0.15) is 0 Å². The summed E-state index contributed by atoms with van der Waals surface area (Å²) >= 11 is 0. The molecule has 0 fully saturated rings. The van der Waals surface area contributed by atoms with Crippen LogP contribution in [0.2, 0.25) is 13.1 Å². The van der Waals surface area contributed by atoms with Crippen molar-refractivity contribution in [1.82, 2.24) is 4.98 Å². The molecule has 1 N–H and O–H groups in total. The van der Waals surface area contributed by atoms with Gasteiger partial charge in [-0.1, -0.05) is 13.1 Å². The van der Waals surface area contributed by atoms with Crippen LogP contribution in [0.3, 0.4) is 0 Å². The first-order valence-electron chi connectivity index (χ1n) is 6.00. The first kappa shape index (κ1) is 14.0. The average molecular weight is 255 g/mol. The molecule has 16 heavy (non-hydrogen) atoms. The average Bonchev–Trinajstić information content (AvgIpc) is 2.29. The Kier molecular flexibility index (Phi) is 3.79. The van der Waals surface area contributed by atoms with E-state index in [0.29, 0.717) is 0 Å². The van der Waals surface area contributed by atoms with Crippen molar-refractivity contribution in [1.29, 1.82) is 0 Å². The van der Waals surface area contributed by atoms with Gasteiger partial charge >= 0.3 is 0 Å². The minimum Gasteiger partial charge on any atom is -0.329 e. The highest BCUT2D eigenvalue weighted by molar-refractivity contribution is 7.42. The molecule has 0 aromatic carbocycles. The molecule has 1 aromatic heterocycles. The molecule has 1 heterocycles. The molecule has 0 aliphatic rings. The van der Waals surface area contributed by atoms with Crippen molar-refractivity contribution in [2.45, 2.75) is 60.2 Å². The lowest BCUT2D eigenvalue weighted by atomic mass is 10.1. The molecule has 1 nitrogen and oxygen atoms in total. The minimum absolute atomic E-state index is 0.220. The summed E-state index contributed by atoms with van der Waals surface area (Å²) in [6.45, 7) is 18.5. The number of aryl methyl sites for hydroxylation is 1. The smallest absolute Gasteiger partial charge is 0.156 e. The van der Waals surface area contributed by atoms with E-state index in [9.17, 15) is 0 Å². The zero-order chi connectivity index (χ0) is 12.7. The second-order valence-corrected chi connectivity index (χ2v) is 12.4. The lowest BCUT2D eigenvalue weighted by Gasteiger charge is -2.33. The zero-order valence-electron chi connectivity index (χ0n) is 12.0. The molecule has 0 bridgehead atoms. The van der Waals surface area contributed by atoms with Crippen LogP contribution in [0.4, 0.5) is 0 Å². The summed E-state index contributed by atoms with van der Waals surface area (Å²) in [5.41, 5.74) is 3.31. The lowest BCUT2D eigenvalue weighted by Crippen LogP contribution is -2.61. The fraction of sp³-hybridized carbons (Fsp3) is 0.692. The van der Waals surface area contributed by atoms with Crippen molar-refractivity contribution in [3.8, 4) is 0 Å². The van der Waals surface area contributed by atoms with Gasteiger partial charge < -0.3 is 4.98 Å². The predicted octanol–water partition coefficient (Wildman–Crippen LogP) is 3.44. The van der Waals surface area contributed by atoms with Gasteiger partial charge in [-0.25, -0.2) is 0 Å². The molecule has 0 aliphatic carbocycles. The van der Waals surface area contributed by atoms with Crippen molar-refractivity contribution < 1.29 is 0 Å². The summed E-state index contributed by atoms with van der Waals surface area (Å²) in [6.07, 6.45) is 0. The van der Waals surface area contributed by atoms with E-state index in [1.165, 1.54) is 5.56 Å². The third kappa shape index (κ3) is 3.00. The van der Waals surface area contributed by atoms with Gasteiger partial charge in [0, 0.05) is 5.54 Å². The van der Waals surface area contributed by atoms with Crippen LogP contribution < -0.4 is 9.90 Å². The second kappa shape index (κ2) is 4.32. The van der Waals surface area contributed by atoms with Crippen molar-refractivity contribution in [3.63, 3.8) is 0 Å². The fourth-order valence-corrected chi connectivity index (χ4v) is 8.72. The first-order valence-corrected chi connectivity index (χ1v) is 10.0. The molecule has 0 amide bonds. The summed E-state index contributed by atoms with van der Waals surface area (Å²) in [5.74, 6) is 0. The quantitative estimate of drug-likeness (QED) is 0.798. The number of rotatable bonds is 2. The van der Waals surface area contributed by atoms with E-state index in [1.807, 2.05) is 0 Å². The van der Waals surface area contributed by atoms with Crippen molar-refractivity contribution in [2.75, 3.05) is 0 Å². The molecule has 1 atom stereocenters. The Labute approximate surface area is 103 Å². The number of nitrogens with one attached hydrogen (secondary N) is 1. The standard InChI is InChI=1S/C13H26NPSi/c1-9-10(2)12(15-11(9)3)16(7,8)14-13(4,5)6/h14-15H,1-8H3. The Balaban J connectivity index is 3.12. The van der Waals surface area contributed by atoms with Gasteiger partial charge in [-0.15, -0.1) is 8.19 Å². The van der Waals surface area contributed by atoms with E-state index in [1.54, 1.807) is 15.8 Å². The van der Waals surface area contributed by atoms with Crippen molar-refractivity contribution >= 4 is 21.3 Å². The molecule has 1 unspecified atom stereocenters. The Morgan fingerprint density at radius 2 is 1.50 bits per heavy atom. The maximum Gasteiger partial charge on any atom is 0.156 e. The summed E-state index contributed by atoms with van der Waals surface area (Å²) in [5, 5.41) is 1.59. The molecule has 0 aliphatic heterocycles. The topological polar surface area (TPSA) is 12.0 Å². The number of hydrogen-bond donors (Lipinski definition) is 1. The highest BCUT2D eigenvalue weighted by Gasteiger charge is 2.31. The van der Waals surface area contributed by atoms with E-state index in [2.05, 4.69) is 59.6 Å². The highest BCUT2D eigenvalue weighted by Crippen LogP contribution is 2.25. The molecule has 1 aromatic rings. The van der Waals surface area contributed by atoms with Crippen molar-refractivity contribution in [2.24, 2.45) is 0 Å². The van der Waals surface area contributed by atoms with Gasteiger partial charge in [0.25, 0.3) is 0 Å². The molecule has 0 saturated carbocycles. The largest absolute Gasteiger partial charge is 0.329 e. The third-order valence-electron chi connectivity index (χ3n) is 3.12. The molecular formula is C13H26NPSi. The van der Waals surface area contributed by atoms with Crippen LogP contribution in [0.1, 0.15) is 37.2 Å². The lowest BCUT2D eigenvalue weighted by molar-refractivity contribution is 0.515. The molecular weight excluding hydrogens is 229 g/mol. The first-order chi connectivity index (χ1) is 7.04. The van der Waals surface area contributed by atoms with Crippen LogP contribution in [-0.2, 0) is 0 Å². The van der Waals surface area contributed by atoms with Crippen molar-refractivity contribution in [3.05, 3.63) is 16.4 Å². The number of hydrogen-bond acceptors (Lipinski definition) is 1. The normalized spacial score (nSPS) is 13.8. The summed E-state index contributed by atoms with van der Waals surface area (Å²) in [4.78, 5) is 5.59. The van der Waals surface area contributed by atoms with Crippen LogP contribution in [0.5, 0.6) is 0 Å². The highest BCUT2D eigenvalue weighted by atomic mass is 31.0. The molecule has 92 valence electrons. The Morgan fingerprint density at radius 1 is 1.00 bits per heavy atom. The predicted molar refractivity (Wildman–Crippen MR) is 80.2 cm³/mol. The minimum atomic E-state index is -1.45. The molecule has 0 saturated heterocycles. The zero-order valence-corrected chi connectivity index (χ0v) is 14.0.